The predicted molar refractivity (Wildman–Crippen MR) is 96.3 cm³/mol. The maximum Gasteiger partial charge on any atom is 0.289 e. The van der Waals surface area contributed by atoms with Gasteiger partial charge in [-0.25, -0.2) is 0 Å². The molecule has 1 aromatic carbocycles. The van der Waals surface area contributed by atoms with Crippen molar-refractivity contribution in [2.75, 3.05) is 34.2 Å². The number of hydrogen-bond donors (Lipinski definition) is 1. The Kier molecular flexibility index (Phi) is 6.36. The van der Waals surface area contributed by atoms with Crippen molar-refractivity contribution in [2.24, 2.45) is 0 Å². The highest BCUT2D eigenvalue weighted by molar-refractivity contribution is 5.94. The van der Waals surface area contributed by atoms with Crippen molar-refractivity contribution >= 4 is 11.8 Å². The number of nitrogens with one attached hydrogen (secondary N) is 1. The summed E-state index contributed by atoms with van der Waals surface area (Å²) < 4.78 is 5.07. The lowest BCUT2D eigenvalue weighted by molar-refractivity contribution is -0.121. The number of carbonyl (C=O) groups is 2. The van der Waals surface area contributed by atoms with Crippen LogP contribution in [0.3, 0.4) is 0 Å². The molecule has 0 unspecified atom stereocenters. The zero-order chi connectivity index (χ0) is 18.4. The van der Waals surface area contributed by atoms with E-state index in [0.717, 1.165) is 5.56 Å². The van der Waals surface area contributed by atoms with Crippen LogP contribution in [0.25, 0.3) is 0 Å². The van der Waals surface area contributed by atoms with Crippen LogP contribution in [0.5, 0.6) is 0 Å². The largest absolute Gasteiger partial charge is 0.459 e. The van der Waals surface area contributed by atoms with Crippen LogP contribution >= 0.6 is 0 Å². The Labute approximate surface area is 148 Å². The average molecular weight is 343 g/mol. The molecule has 0 radical (unpaired) electrons. The van der Waals surface area contributed by atoms with Crippen LogP contribution in [-0.4, -0.2) is 55.8 Å². The fraction of sp³-hybridized carbons (Fsp3) is 0.368. The highest BCUT2D eigenvalue weighted by Crippen LogP contribution is 2.17. The summed E-state index contributed by atoms with van der Waals surface area (Å²) in [6.45, 7) is 2.49. The van der Waals surface area contributed by atoms with Crippen molar-refractivity contribution in [1.82, 2.24) is 15.1 Å². The van der Waals surface area contributed by atoms with Crippen LogP contribution in [-0.2, 0) is 4.79 Å². The molecule has 2 rings (SSSR count). The van der Waals surface area contributed by atoms with E-state index in [1.165, 1.54) is 16.7 Å². The summed E-state index contributed by atoms with van der Waals surface area (Å²) >= 11 is 0. The molecule has 134 valence electrons. The number of amides is 2. The molecule has 1 aromatic heterocycles. The van der Waals surface area contributed by atoms with Gasteiger partial charge in [0.25, 0.3) is 5.91 Å². The number of aryl methyl sites for hydroxylation is 1. The van der Waals surface area contributed by atoms with E-state index in [1.807, 2.05) is 21.0 Å². The summed E-state index contributed by atoms with van der Waals surface area (Å²) in [7, 11) is 5.53. The van der Waals surface area contributed by atoms with Gasteiger partial charge < -0.3 is 19.5 Å². The lowest BCUT2D eigenvalue weighted by atomic mass is 10.0. The van der Waals surface area contributed by atoms with Gasteiger partial charge in [-0.05, 0) is 38.7 Å². The number of likely N-dealkylation sites (N-methyl/N-ethyl adjacent to an activating group) is 2. The first-order valence-corrected chi connectivity index (χ1v) is 8.17. The standard InChI is InChI=1S/C19H25N3O3/c1-14-7-9-15(10-8-14)16(21(2)3)12-20-18(23)13-22(4)19(24)17-6-5-11-25-17/h5-11,16H,12-13H2,1-4H3,(H,20,23)/t16-/m0/s1. The maximum atomic E-state index is 12.2. The normalized spacial score (nSPS) is 12.0. The first-order valence-electron chi connectivity index (χ1n) is 8.17. The molecule has 0 fully saturated rings. The third-order valence-corrected chi connectivity index (χ3v) is 4.04. The van der Waals surface area contributed by atoms with Crippen LogP contribution in [0.15, 0.2) is 47.1 Å². The number of furan rings is 1. The van der Waals surface area contributed by atoms with E-state index >= 15 is 0 Å². The average Bonchev–Trinajstić information content (AvgIpc) is 3.10. The van der Waals surface area contributed by atoms with Gasteiger partial charge in [0.15, 0.2) is 5.76 Å². The highest BCUT2D eigenvalue weighted by Gasteiger charge is 2.19. The predicted octanol–water partition coefficient (Wildman–Crippen LogP) is 2.08. The van der Waals surface area contributed by atoms with Crippen LogP contribution in [0.2, 0.25) is 0 Å². The van der Waals surface area contributed by atoms with Crippen LogP contribution < -0.4 is 5.32 Å². The number of benzene rings is 1. The van der Waals surface area contributed by atoms with Gasteiger partial charge in [-0.15, -0.1) is 0 Å². The van der Waals surface area contributed by atoms with E-state index in [9.17, 15) is 9.59 Å². The molecule has 6 nitrogen and oxygen atoms in total. The van der Waals surface area contributed by atoms with Crippen molar-refractivity contribution in [3.8, 4) is 0 Å². The monoisotopic (exact) mass is 343 g/mol. The van der Waals surface area contributed by atoms with Gasteiger partial charge in [0.2, 0.25) is 5.91 Å². The van der Waals surface area contributed by atoms with Crippen molar-refractivity contribution < 1.29 is 14.0 Å². The second-order valence-electron chi connectivity index (χ2n) is 6.33. The second kappa shape index (κ2) is 8.48. The molecular weight excluding hydrogens is 318 g/mol. The topological polar surface area (TPSA) is 65.8 Å². The fourth-order valence-corrected chi connectivity index (χ4v) is 2.53. The number of carbonyl (C=O) groups excluding carboxylic acids is 2. The minimum absolute atomic E-state index is 0.0203. The summed E-state index contributed by atoms with van der Waals surface area (Å²) in [5, 5.41) is 2.90. The molecule has 0 saturated carbocycles. The van der Waals surface area contributed by atoms with Crippen molar-refractivity contribution in [3.05, 3.63) is 59.5 Å². The summed E-state index contributed by atoms with van der Waals surface area (Å²) in [5.41, 5.74) is 2.33. The van der Waals surface area contributed by atoms with E-state index in [4.69, 9.17) is 4.42 Å². The number of nitrogens with zero attached hydrogens (tertiary/aromatic N) is 2. The first-order chi connectivity index (χ1) is 11.9. The summed E-state index contributed by atoms with van der Waals surface area (Å²) in [6, 6.07) is 11.5. The Hall–Kier alpha value is -2.60. The third kappa shape index (κ3) is 5.19. The van der Waals surface area contributed by atoms with Gasteiger partial charge in [-0.2, -0.15) is 0 Å². The molecule has 25 heavy (non-hydrogen) atoms. The number of rotatable bonds is 7. The van der Waals surface area contributed by atoms with Crippen molar-refractivity contribution in [2.45, 2.75) is 13.0 Å². The summed E-state index contributed by atoms with van der Waals surface area (Å²) in [6.07, 6.45) is 1.43. The molecule has 6 heteroatoms. The summed E-state index contributed by atoms with van der Waals surface area (Å²) in [5.74, 6) is -0.301. The van der Waals surface area contributed by atoms with E-state index < -0.39 is 0 Å². The Morgan fingerprint density at radius 3 is 2.36 bits per heavy atom. The van der Waals surface area contributed by atoms with Crippen LogP contribution in [0.1, 0.15) is 27.7 Å². The van der Waals surface area contributed by atoms with Crippen LogP contribution in [0.4, 0.5) is 0 Å². The number of hydrogen-bond acceptors (Lipinski definition) is 4. The lowest BCUT2D eigenvalue weighted by Gasteiger charge is -2.25. The van der Waals surface area contributed by atoms with E-state index in [0.29, 0.717) is 6.54 Å². The zero-order valence-electron chi connectivity index (χ0n) is 15.2. The molecule has 0 aliphatic heterocycles. The Morgan fingerprint density at radius 2 is 1.80 bits per heavy atom. The van der Waals surface area contributed by atoms with Gasteiger partial charge >= 0.3 is 0 Å². The van der Waals surface area contributed by atoms with Crippen LogP contribution in [0, 0.1) is 6.92 Å². The van der Waals surface area contributed by atoms with Gasteiger partial charge in [0.1, 0.15) is 0 Å². The summed E-state index contributed by atoms with van der Waals surface area (Å²) in [4.78, 5) is 27.7. The Balaban J connectivity index is 1.90. The first kappa shape index (κ1) is 18.7. The third-order valence-electron chi connectivity index (χ3n) is 4.04. The van der Waals surface area contributed by atoms with E-state index in [2.05, 4.69) is 34.5 Å². The molecule has 0 spiro atoms. The van der Waals surface area contributed by atoms with E-state index in [1.54, 1.807) is 19.2 Å². The Bertz CT molecular complexity index is 693. The lowest BCUT2D eigenvalue weighted by Crippen LogP contribution is -2.41. The molecule has 2 aromatic rings. The van der Waals surface area contributed by atoms with Crippen molar-refractivity contribution in [1.29, 1.82) is 0 Å². The SMILES string of the molecule is Cc1ccc([C@H](CNC(=O)CN(C)C(=O)c2ccco2)N(C)C)cc1. The molecule has 1 N–H and O–H groups in total. The Morgan fingerprint density at radius 1 is 1.12 bits per heavy atom. The quantitative estimate of drug-likeness (QED) is 0.836. The molecular formula is C19H25N3O3. The molecule has 0 aliphatic carbocycles. The minimum atomic E-state index is -0.317. The van der Waals surface area contributed by atoms with Gasteiger partial charge in [-0.1, -0.05) is 29.8 Å². The highest BCUT2D eigenvalue weighted by atomic mass is 16.3. The smallest absolute Gasteiger partial charge is 0.289 e. The molecule has 1 heterocycles. The van der Waals surface area contributed by atoms with E-state index in [-0.39, 0.29) is 30.2 Å². The minimum Gasteiger partial charge on any atom is -0.459 e. The molecule has 0 saturated heterocycles. The van der Waals surface area contributed by atoms with Gasteiger partial charge in [0, 0.05) is 13.6 Å². The molecule has 0 bridgehead atoms. The molecule has 1 atom stereocenters. The second-order valence-corrected chi connectivity index (χ2v) is 6.33. The maximum absolute atomic E-state index is 12.2. The zero-order valence-corrected chi connectivity index (χ0v) is 15.2. The molecule has 2 amide bonds. The van der Waals surface area contributed by atoms with Crippen molar-refractivity contribution in [3.63, 3.8) is 0 Å². The fourth-order valence-electron chi connectivity index (χ4n) is 2.53. The van der Waals surface area contributed by atoms with Gasteiger partial charge in [-0.3, -0.25) is 9.59 Å². The van der Waals surface area contributed by atoms with Gasteiger partial charge in [0.05, 0.1) is 18.8 Å². The molecule has 0 aliphatic rings.